The summed E-state index contributed by atoms with van der Waals surface area (Å²) >= 11 is 1.73. The molecule has 4 heteroatoms. The fraction of sp³-hybridized carbons (Fsp3) is 0.176. The van der Waals surface area contributed by atoms with Crippen LogP contribution >= 0.6 is 11.3 Å². The number of hydrogen-bond donors (Lipinski definition) is 1. The lowest BCUT2D eigenvalue weighted by Crippen LogP contribution is -2.03. The molecule has 104 valence electrons. The second-order valence-electron chi connectivity index (χ2n) is 4.63. The molecule has 3 nitrogen and oxygen atoms in total. The molecule has 3 aromatic rings. The van der Waals surface area contributed by atoms with E-state index in [9.17, 15) is 0 Å². The Kier molecular flexibility index (Phi) is 4.13. The number of aromatic nitrogens is 2. The molecule has 3 rings (SSSR count). The maximum absolute atomic E-state index is 4.30. The topological polar surface area (TPSA) is 37.8 Å². The van der Waals surface area contributed by atoms with E-state index in [0.717, 1.165) is 34.6 Å². The van der Waals surface area contributed by atoms with Gasteiger partial charge in [-0.3, -0.25) is 0 Å². The number of nitrogens with one attached hydrogen (secondary N) is 1. The van der Waals surface area contributed by atoms with Crippen LogP contribution in [0.3, 0.4) is 0 Å². The fourth-order valence-electron chi connectivity index (χ4n) is 2.04. The number of thiophene rings is 1. The van der Waals surface area contributed by atoms with E-state index in [0.29, 0.717) is 0 Å². The second kappa shape index (κ2) is 6.38. The van der Waals surface area contributed by atoms with Crippen LogP contribution in [0.5, 0.6) is 0 Å². The molecule has 21 heavy (non-hydrogen) atoms. The highest BCUT2D eigenvalue weighted by atomic mass is 32.1. The van der Waals surface area contributed by atoms with E-state index in [2.05, 4.69) is 46.2 Å². The molecule has 0 aliphatic carbocycles. The number of benzene rings is 1. The van der Waals surface area contributed by atoms with Crippen molar-refractivity contribution in [1.29, 1.82) is 0 Å². The summed E-state index contributed by atoms with van der Waals surface area (Å²) in [5.41, 5.74) is 0.954. The van der Waals surface area contributed by atoms with Gasteiger partial charge in [0.15, 0.2) is 0 Å². The van der Waals surface area contributed by atoms with Gasteiger partial charge < -0.3 is 5.32 Å². The largest absolute Gasteiger partial charge is 0.368 e. The molecule has 0 bridgehead atoms. The van der Waals surface area contributed by atoms with Crippen molar-refractivity contribution in [1.82, 2.24) is 9.97 Å². The van der Waals surface area contributed by atoms with Gasteiger partial charge in [0.1, 0.15) is 12.1 Å². The predicted molar refractivity (Wildman–Crippen MR) is 88.6 cm³/mol. The quantitative estimate of drug-likeness (QED) is 0.588. The van der Waals surface area contributed by atoms with E-state index in [1.54, 1.807) is 17.7 Å². The Morgan fingerprint density at radius 2 is 2.05 bits per heavy atom. The molecule has 0 aliphatic heterocycles. The van der Waals surface area contributed by atoms with E-state index in [1.165, 1.54) is 4.88 Å². The number of fused-ring (bicyclic) bond motifs is 1. The molecule has 0 aliphatic rings. The summed E-state index contributed by atoms with van der Waals surface area (Å²) in [6, 6.07) is 12.2. The third-order valence-corrected chi connectivity index (χ3v) is 3.95. The Balaban J connectivity index is 1.61. The molecule has 2 heterocycles. The first kappa shape index (κ1) is 13.6. The van der Waals surface area contributed by atoms with Gasteiger partial charge in [-0.1, -0.05) is 24.0 Å². The van der Waals surface area contributed by atoms with Gasteiger partial charge in [0.05, 0.1) is 10.4 Å². The molecule has 0 amide bonds. The third-order valence-electron chi connectivity index (χ3n) is 3.04. The first-order valence-corrected chi connectivity index (χ1v) is 7.63. The monoisotopic (exact) mass is 293 g/mol. The number of rotatable bonds is 3. The summed E-state index contributed by atoms with van der Waals surface area (Å²) in [6.45, 7) is 2.87. The normalized spacial score (nSPS) is 10.1. The zero-order valence-electron chi connectivity index (χ0n) is 11.8. The molecule has 0 spiro atoms. The van der Waals surface area contributed by atoms with Gasteiger partial charge in [-0.25, -0.2) is 9.97 Å². The van der Waals surface area contributed by atoms with Crippen LogP contribution in [-0.4, -0.2) is 16.5 Å². The molecular formula is C17H15N3S. The highest BCUT2D eigenvalue weighted by Crippen LogP contribution is 2.18. The lowest BCUT2D eigenvalue weighted by atomic mass is 10.2. The lowest BCUT2D eigenvalue weighted by Gasteiger charge is -2.05. The highest BCUT2D eigenvalue weighted by Gasteiger charge is 2.00. The average molecular weight is 293 g/mol. The fourth-order valence-corrected chi connectivity index (χ4v) is 2.78. The average Bonchev–Trinajstić information content (AvgIpc) is 2.92. The SMILES string of the molecule is Cc1ccc(C#CCCNc2ncnc3ccccc23)s1. The minimum Gasteiger partial charge on any atom is -0.368 e. The molecule has 1 N–H and O–H groups in total. The third kappa shape index (κ3) is 3.39. The van der Waals surface area contributed by atoms with Crippen molar-refractivity contribution in [2.45, 2.75) is 13.3 Å². The number of nitrogens with zero attached hydrogens (tertiary/aromatic N) is 2. The molecule has 0 atom stereocenters. The van der Waals surface area contributed by atoms with Crippen molar-refractivity contribution >= 4 is 28.1 Å². The van der Waals surface area contributed by atoms with E-state index < -0.39 is 0 Å². The Bertz CT molecular complexity index is 806. The zero-order valence-corrected chi connectivity index (χ0v) is 12.6. The summed E-state index contributed by atoms with van der Waals surface area (Å²) in [6.07, 6.45) is 2.38. The van der Waals surface area contributed by atoms with Gasteiger partial charge in [0, 0.05) is 23.2 Å². The Hall–Kier alpha value is -2.38. The van der Waals surface area contributed by atoms with Gasteiger partial charge in [0.25, 0.3) is 0 Å². The highest BCUT2D eigenvalue weighted by molar-refractivity contribution is 7.12. The van der Waals surface area contributed by atoms with E-state index >= 15 is 0 Å². The minimum atomic E-state index is 0.776. The summed E-state index contributed by atoms with van der Waals surface area (Å²) in [5.74, 6) is 7.24. The van der Waals surface area contributed by atoms with Crippen LogP contribution in [0, 0.1) is 18.8 Å². The molecule has 0 fully saturated rings. The smallest absolute Gasteiger partial charge is 0.137 e. The standard InChI is InChI=1S/C17H15N3S/c1-13-9-10-14(21-13)6-4-5-11-18-17-15-7-2-3-8-16(15)19-12-20-17/h2-3,7-10,12H,5,11H2,1H3,(H,18,19,20). The maximum Gasteiger partial charge on any atom is 0.137 e. The van der Waals surface area contributed by atoms with E-state index in [-0.39, 0.29) is 0 Å². The molecule has 2 aromatic heterocycles. The van der Waals surface area contributed by atoms with Gasteiger partial charge >= 0.3 is 0 Å². The molecular weight excluding hydrogens is 278 g/mol. The van der Waals surface area contributed by atoms with Gasteiger partial charge in [-0.15, -0.1) is 11.3 Å². The van der Waals surface area contributed by atoms with E-state index in [4.69, 9.17) is 0 Å². The predicted octanol–water partition coefficient (Wildman–Crippen LogP) is 3.85. The number of hydrogen-bond acceptors (Lipinski definition) is 4. The van der Waals surface area contributed by atoms with Crippen LogP contribution in [0.1, 0.15) is 16.2 Å². The zero-order chi connectivity index (χ0) is 14.5. The number of anilines is 1. The molecule has 0 saturated heterocycles. The van der Waals surface area contributed by atoms with Crippen molar-refractivity contribution in [3.8, 4) is 11.8 Å². The van der Waals surface area contributed by atoms with Crippen LogP contribution in [0.4, 0.5) is 5.82 Å². The van der Waals surface area contributed by atoms with Crippen molar-refractivity contribution < 1.29 is 0 Å². The van der Waals surface area contributed by atoms with Gasteiger partial charge in [0.2, 0.25) is 0 Å². The molecule has 1 aromatic carbocycles. The summed E-state index contributed by atoms with van der Waals surface area (Å²) < 4.78 is 0. The van der Waals surface area contributed by atoms with Gasteiger partial charge in [-0.2, -0.15) is 0 Å². The number of aryl methyl sites for hydroxylation is 1. The van der Waals surface area contributed by atoms with Crippen molar-refractivity contribution in [2.24, 2.45) is 0 Å². The summed E-state index contributed by atoms with van der Waals surface area (Å²) in [7, 11) is 0. The first-order valence-electron chi connectivity index (χ1n) is 6.82. The Labute approximate surface area is 128 Å². The Morgan fingerprint density at radius 3 is 2.90 bits per heavy atom. The van der Waals surface area contributed by atoms with Gasteiger partial charge in [-0.05, 0) is 31.2 Å². The van der Waals surface area contributed by atoms with Crippen LogP contribution in [0.25, 0.3) is 10.9 Å². The summed E-state index contributed by atoms with van der Waals surface area (Å²) in [5, 5.41) is 4.37. The second-order valence-corrected chi connectivity index (χ2v) is 5.92. The van der Waals surface area contributed by atoms with Crippen LogP contribution < -0.4 is 5.32 Å². The van der Waals surface area contributed by atoms with Crippen LogP contribution in [0.15, 0.2) is 42.7 Å². The minimum absolute atomic E-state index is 0.776. The maximum atomic E-state index is 4.30. The van der Waals surface area contributed by atoms with Crippen molar-refractivity contribution in [3.63, 3.8) is 0 Å². The first-order chi connectivity index (χ1) is 10.3. The summed E-state index contributed by atoms with van der Waals surface area (Å²) in [4.78, 5) is 11.0. The van der Waals surface area contributed by atoms with Crippen LogP contribution in [-0.2, 0) is 0 Å². The number of para-hydroxylation sites is 1. The van der Waals surface area contributed by atoms with E-state index in [1.807, 2.05) is 24.3 Å². The van der Waals surface area contributed by atoms with Crippen molar-refractivity contribution in [3.05, 3.63) is 52.5 Å². The molecule has 0 radical (unpaired) electrons. The van der Waals surface area contributed by atoms with Crippen LogP contribution in [0.2, 0.25) is 0 Å². The Morgan fingerprint density at radius 1 is 1.14 bits per heavy atom. The lowest BCUT2D eigenvalue weighted by molar-refractivity contribution is 1.07. The molecule has 0 saturated carbocycles. The van der Waals surface area contributed by atoms with Crippen molar-refractivity contribution in [2.75, 3.05) is 11.9 Å². The molecule has 0 unspecified atom stereocenters.